The maximum absolute atomic E-state index is 11.7. The smallest absolute Gasteiger partial charge is 0.411 e. The van der Waals surface area contributed by atoms with E-state index in [0.717, 1.165) is 0 Å². The standard InChI is InChI=1S/C11H11N5O3/c1-19-11(18)14-8-4-2-3-7(5-8)13-10(17)9-6-12-16-15-9/h2-6H,1H3,(H,13,17)(H,14,18)(H,12,15,16). The second kappa shape index (κ2) is 5.63. The van der Waals surface area contributed by atoms with E-state index in [1.54, 1.807) is 24.3 Å². The zero-order chi connectivity index (χ0) is 13.7. The van der Waals surface area contributed by atoms with Crippen molar-refractivity contribution < 1.29 is 14.3 Å². The minimum Gasteiger partial charge on any atom is -0.453 e. The number of aromatic nitrogens is 3. The molecule has 0 aliphatic carbocycles. The molecule has 1 aromatic carbocycles. The molecule has 0 saturated heterocycles. The molecule has 2 aromatic rings. The molecule has 0 unspecified atom stereocenters. The normalized spacial score (nSPS) is 9.74. The molecule has 3 N–H and O–H groups in total. The highest BCUT2D eigenvalue weighted by Crippen LogP contribution is 2.15. The lowest BCUT2D eigenvalue weighted by Crippen LogP contribution is -2.14. The Balaban J connectivity index is 2.07. The molecule has 0 fully saturated rings. The van der Waals surface area contributed by atoms with Crippen LogP contribution in [0.15, 0.2) is 30.5 Å². The van der Waals surface area contributed by atoms with E-state index < -0.39 is 12.0 Å². The number of benzene rings is 1. The number of nitrogens with zero attached hydrogens (tertiary/aromatic N) is 2. The second-order valence-electron chi connectivity index (χ2n) is 3.51. The summed E-state index contributed by atoms with van der Waals surface area (Å²) < 4.78 is 4.47. The summed E-state index contributed by atoms with van der Waals surface area (Å²) in [5, 5.41) is 14.7. The molecular formula is C11H11N5O3. The van der Waals surface area contributed by atoms with Crippen molar-refractivity contribution in [2.45, 2.75) is 0 Å². The number of carbonyl (C=O) groups excluding carboxylic acids is 2. The van der Waals surface area contributed by atoms with Crippen LogP contribution >= 0.6 is 0 Å². The first kappa shape index (κ1) is 12.6. The molecular weight excluding hydrogens is 250 g/mol. The highest BCUT2D eigenvalue weighted by Gasteiger charge is 2.09. The molecule has 2 amide bonds. The van der Waals surface area contributed by atoms with E-state index in [-0.39, 0.29) is 5.69 Å². The zero-order valence-corrected chi connectivity index (χ0v) is 10.0. The van der Waals surface area contributed by atoms with Crippen LogP contribution in [0.4, 0.5) is 16.2 Å². The minimum absolute atomic E-state index is 0.173. The Labute approximate surface area is 108 Å². The summed E-state index contributed by atoms with van der Waals surface area (Å²) in [5.74, 6) is -0.399. The van der Waals surface area contributed by atoms with Gasteiger partial charge in [-0.25, -0.2) is 4.79 Å². The van der Waals surface area contributed by atoms with Crippen LogP contribution in [-0.4, -0.2) is 34.5 Å². The molecule has 0 aliphatic rings. The Hall–Kier alpha value is -2.90. The molecule has 2 rings (SSSR count). The average molecular weight is 261 g/mol. The van der Waals surface area contributed by atoms with E-state index in [9.17, 15) is 9.59 Å². The highest BCUT2D eigenvalue weighted by atomic mass is 16.5. The van der Waals surface area contributed by atoms with Gasteiger partial charge in [-0.3, -0.25) is 10.1 Å². The van der Waals surface area contributed by atoms with Crippen LogP contribution in [0.1, 0.15) is 10.5 Å². The lowest BCUT2D eigenvalue weighted by atomic mass is 10.2. The summed E-state index contributed by atoms with van der Waals surface area (Å²) >= 11 is 0. The zero-order valence-electron chi connectivity index (χ0n) is 10.0. The maximum atomic E-state index is 11.7. The first-order valence-electron chi connectivity index (χ1n) is 5.31. The Morgan fingerprint density at radius 2 is 2.00 bits per heavy atom. The predicted molar refractivity (Wildman–Crippen MR) is 66.8 cm³/mol. The van der Waals surface area contributed by atoms with Gasteiger partial charge >= 0.3 is 6.09 Å². The largest absolute Gasteiger partial charge is 0.453 e. The highest BCUT2D eigenvalue weighted by molar-refractivity contribution is 6.03. The van der Waals surface area contributed by atoms with Crippen LogP contribution in [0.3, 0.4) is 0 Å². The van der Waals surface area contributed by atoms with Crippen molar-refractivity contribution in [2.75, 3.05) is 17.7 Å². The van der Waals surface area contributed by atoms with Crippen molar-refractivity contribution in [3.63, 3.8) is 0 Å². The Kier molecular flexibility index (Phi) is 3.72. The number of ether oxygens (including phenoxy) is 1. The fourth-order valence-electron chi connectivity index (χ4n) is 1.35. The molecule has 0 spiro atoms. The van der Waals surface area contributed by atoms with Crippen molar-refractivity contribution in [3.05, 3.63) is 36.2 Å². The summed E-state index contributed by atoms with van der Waals surface area (Å²) in [5.41, 5.74) is 1.19. The SMILES string of the molecule is COC(=O)Nc1cccc(NC(=O)c2cn[nH]n2)c1. The summed E-state index contributed by atoms with van der Waals surface area (Å²) in [4.78, 5) is 22.8. The van der Waals surface area contributed by atoms with E-state index in [1.807, 2.05) is 0 Å². The van der Waals surface area contributed by atoms with Crippen LogP contribution in [-0.2, 0) is 4.74 Å². The topological polar surface area (TPSA) is 109 Å². The summed E-state index contributed by atoms with van der Waals surface area (Å²) in [7, 11) is 1.27. The second-order valence-corrected chi connectivity index (χ2v) is 3.51. The van der Waals surface area contributed by atoms with Crippen molar-refractivity contribution >= 4 is 23.4 Å². The summed E-state index contributed by atoms with van der Waals surface area (Å²) in [6.45, 7) is 0. The predicted octanol–water partition coefficient (Wildman–Crippen LogP) is 1.24. The third kappa shape index (κ3) is 3.28. The fourth-order valence-corrected chi connectivity index (χ4v) is 1.35. The van der Waals surface area contributed by atoms with Gasteiger partial charge in [0.2, 0.25) is 0 Å². The Bertz CT molecular complexity index is 582. The molecule has 0 radical (unpaired) electrons. The summed E-state index contributed by atoms with van der Waals surface area (Å²) in [6, 6.07) is 6.63. The quantitative estimate of drug-likeness (QED) is 0.770. The third-order valence-corrected chi connectivity index (χ3v) is 2.20. The molecule has 1 heterocycles. The lowest BCUT2D eigenvalue weighted by Gasteiger charge is -2.07. The molecule has 0 bridgehead atoms. The number of anilines is 2. The van der Waals surface area contributed by atoms with Crippen LogP contribution in [0.5, 0.6) is 0 Å². The first-order valence-corrected chi connectivity index (χ1v) is 5.31. The Morgan fingerprint density at radius 1 is 1.26 bits per heavy atom. The molecule has 0 aliphatic heterocycles. The fraction of sp³-hybridized carbons (Fsp3) is 0.0909. The lowest BCUT2D eigenvalue weighted by molar-refractivity contribution is 0.102. The number of amides is 2. The number of methoxy groups -OCH3 is 1. The number of H-pyrrole nitrogens is 1. The third-order valence-electron chi connectivity index (χ3n) is 2.20. The van der Waals surface area contributed by atoms with E-state index in [0.29, 0.717) is 11.4 Å². The van der Waals surface area contributed by atoms with Gasteiger partial charge < -0.3 is 10.1 Å². The molecule has 8 nitrogen and oxygen atoms in total. The van der Waals surface area contributed by atoms with E-state index >= 15 is 0 Å². The first-order chi connectivity index (χ1) is 9.19. The average Bonchev–Trinajstić information content (AvgIpc) is 2.93. The van der Waals surface area contributed by atoms with Crippen LogP contribution in [0.25, 0.3) is 0 Å². The number of nitrogens with one attached hydrogen (secondary N) is 3. The van der Waals surface area contributed by atoms with Gasteiger partial charge in [0.05, 0.1) is 13.3 Å². The summed E-state index contributed by atoms with van der Waals surface area (Å²) in [6.07, 6.45) is 0.728. The van der Waals surface area contributed by atoms with Crippen molar-refractivity contribution in [1.29, 1.82) is 0 Å². The number of hydrogen-bond donors (Lipinski definition) is 3. The van der Waals surface area contributed by atoms with Gasteiger partial charge in [0, 0.05) is 11.4 Å². The maximum Gasteiger partial charge on any atom is 0.411 e. The van der Waals surface area contributed by atoms with Crippen LogP contribution < -0.4 is 10.6 Å². The molecule has 0 atom stereocenters. The number of hydrogen-bond acceptors (Lipinski definition) is 5. The molecule has 0 saturated carbocycles. The number of carbonyl (C=O) groups is 2. The van der Waals surface area contributed by atoms with E-state index in [2.05, 4.69) is 30.8 Å². The number of aromatic amines is 1. The Morgan fingerprint density at radius 3 is 2.63 bits per heavy atom. The molecule has 1 aromatic heterocycles. The van der Waals surface area contributed by atoms with E-state index in [4.69, 9.17) is 0 Å². The van der Waals surface area contributed by atoms with E-state index in [1.165, 1.54) is 13.3 Å². The van der Waals surface area contributed by atoms with Crippen molar-refractivity contribution in [2.24, 2.45) is 0 Å². The van der Waals surface area contributed by atoms with Gasteiger partial charge in [-0.05, 0) is 18.2 Å². The van der Waals surface area contributed by atoms with Crippen molar-refractivity contribution in [1.82, 2.24) is 15.4 Å². The van der Waals surface area contributed by atoms with Crippen LogP contribution in [0.2, 0.25) is 0 Å². The van der Waals surface area contributed by atoms with Crippen molar-refractivity contribution in [3.8, 4) is 0 Å². The van der Waals surface area contributed by atoms with Gasteiger partial charge in [-0.15, -0.1) is 0 Å². The van der Waals surface area contributed by atoms with Gasteiger partial charge in [-0.1, -0.05) is 6.07 Å². The monoisotopic (exact) mass is 261 g/mol. The van der Waals surface area contributed by atoms with Gasteiger partial charge in [0.1, 0.15) is 0 Å². The van der Waals surface area contributed by atoms with Gasteiger partial charge in [-0.2, -0.15) is 15.4 Å². The molecule has 8 heteroatoms. The molecule has 19 heavy (non-hydrogen) atoms. The van der Waals surface area contributed by atoms with Crippen LogP contribution in [0, 0.1) is 0 Å². The minimum atomic E-state index is -0.583. The molecule has 98 valence electrons. The van der Waals surface area contributed by atoms with Gasteiger partial charge in [0.25, 0.3) is 5.91 Å². The number of rotatable bonds is 3. The van der Waals surface area contributed by atoms with Gasteiger partial charge in [0.15, 0.2) is 5.69 Å².